The second-order valence-electron chi connectivity index (χ2n) is 6.70. The predicted molar refractivity (Wildman–Crippen MR) is 99.6 cm³/mol. The monoisotopic (exact) mass is 362 g/mol. The highest BCUT2D eigenvalue weighted by Gasteiger charge is 2.18. The van der Waals surface area contributed by atoms with Crippen LogP contribution in [0.1, 0.15) is 38.3 Å². The van der Waals surface area contributed by atoms with E-state index in [2.05, 4.69) is 20.8 Å². The summed E-state index contributed by atoms with van der Waals surface area (Å²) >= 11 is 0. The molecule has 0 amide bonds. The Morgan fingerprint density at radius 1 is 0.920 bits per heavy atom. The second-order valence-corrected chi connectivity index (χ2v) is 8.31. The minimum absolute atomic E-state index is 0.0294. The molecule has 0 aliphatic carbocycles. The van der Waals surface area contributed by atoms with Gasteiger partial charge in [0.2, 0.25) is 0 Å². The maximum Gasteiger partial charge on any atom is 0.297 e. The van der Waals surface area contributed by atoms with Gasteiger partial charge in [-0.25, -0.2) is 0 Å². The molecule has 25 heavy (non-hydrogen) atoms. The smallest absolute Gasteiger partial charge is 0.297 e. The van der Waals surface area contributed by atoms with Gasteiger partial charge in [0.15, 0.2) is 0 Å². The van der Waals surface area contributed by atoms with Crippen LogP contribution in [-0.4, -0.2) is 21.6 Å². The molecular formula is C20H26O4S. The molecule has 5 heteroatoms. The van der Waals surface area contributed by atoms with Gasteiger partial charge < -0.3 is 4.74 Å². The highest BCUT2D eigenvalue weighted by atomic mass is 32.2. The van der Waals surface area contributed by atoms with E-state index in [0.717, 1.165) is 12.0 Å². The van der Waals surface area contributed by atoms with Crippen LogP contribution in [-0.2, 0) is 19.7 Å². The van der Waals surface area contributed by atoms with E-state index in [1.165, 1.54) is 5.56 Å². The first-order valence-corrected chi connectivity index (χ1v) is 9.85. The molecule has 2 aromatic rings. The van der Waals surface area contributed by atoms with Crippen molar-refractivity contribution in [2.75, 3.05) is 13.2 Å². The molecule has 0 bridgehead atoms. The first kappa shape index (κ1) is 19.5. The third-order valence-electron chi connectivity index (χ3n) is 4.42. The lowest BCUT2D eigenvalue weighted by molar-refractivity contribution is 0.221. The van der Waals surface area contributed by atoms with E-state index in [0.29, 0.717) is 5.75 Å². The molecule has 0 aromatic heterocycles. The Balaban J connectivity index is 1.86. The Kier molecular flexibility index (Phi) is 6.25. The van der Waals surface area contributed by atoms with Gasteiger partial charge in [0, 0.05) is 0 Å². The molecule has 0 radical (unpaired) electrons. The molecule has 0 aliphatic rings. The molecule has 0 N–H and O–H groups in total. The molecule has 0 fully saturated rings. The van der Waals surface area contributed by atoms with Crippen LogP contribution in [0.2, 0.25) is 0 Å². The molecule has 0 aliphatic heterocycles. The van der Waals surface area contributed by atoms with Crippen LogP contribution in [0.3, 0.4) is 0 Å². The third-order valence-corrected chi connectivity index (χ3v) is 5.75. The summed E-state index contributed by atoms with van der Waals surface area (Å²) in [5.41, 5.74) is 2.38. The van der Waals surface area contributed by atoms with Crippen molar-refractivity contribution in [1.29, 1.82) is 0 Å². The lowest BCUT2D eigenvalue weighted by Gasteiger charge is -2.23. The summed E-state index contributed by atoms with van der Waals surface area (Å²) in [5.74, 6) is 0.701. The van der Waals surface area contributed by atoms with Crippen molar-refractivity contribution in [3.8, 4) is 5.75 Å². The van der Waals surface area contributed by atoms with Crippen LogP contribution in [0.5, 0.6) is 5.75 Å². The molecule has 0 saturated heterocycles. The van der Waals surface area contributed by atoms with Crippen molar-refractivity contribution in [3.05, 3.63) is 59.7 Å². The zero-order valence-corrected chi connectivity index (χ0v) is 16.1. The Morgan fingerprint density at radius 3 is 2.08 bits per heavy atom. The van der Waals surface area contributed by atoms with Crippen molar-refractivity contribution in [1.82, 2.24) is 0 Å². The van der Waals surface area contributed by atoms with Gasteiger partial charge in [-0.3, -0.25) is 4.18 Å². The number of rotatable bonds is 8. The van der Waals surface area contributed by atoms with Crippen LogP contribution < -0.4 is 4.74 Å². The van der Waals surface area contributed by atoms with Crippen LogP contribution in [0.25, 0.3) is 0 Å². The minimum Gasteiger partial charge on any atom is -0.491 e. The highest BCUT2D eigenvalue weighted by molar-refractivity contribution is 7.86. The lowest BCUT2D eigenvalue weighted by atomic mass is 9.82. The highest BCUT2D eigenvalue weighted by Crippen LogP contribution is 2.28. The Labute approximate surface area is 150 Å². The number of hydrogen-bond acceptors (Lipinski definition) is 4. The van der Waals surface area contributed by atoms with Gasteiger partial charge in [-0.1, -0.05) is 50.6 Å². The van der Waals surface area contributed by atoms with E-state index in [1.54, 1.807) is 24.3 Å². The largest absolute Gasteiger partial charge is 0.491 e. The van der Waals surface area contributed by atoms with E-state index in [1.807, 2.05) is 31.2 Å². The summed E-state index contributed by atoms with van der Waals surface area (Å²) in [7, 11) is -3.74. The van der Waals surface area contributed by atoms with Gasteiger partial charge in [0.05, 0.1) is 4.90 Å². The normalized spacial score (nSPS) is 12.2. The molecule has 2 rings (SSSR count). The second kappa shape index (κ2) is 8.02. The van der Waals surface area contributed by atoms with Gasteiger partial charge in [0.25, 0.3) is 10.1 Å². The van der Waals surface area contributed by atoms with Crippen molar-refractivity contribution < 1.29 is 17.3 Å². The summed E-state index contributed by atoms with van der Waals surface area (Å²) in [6.07, 6.45) is 1.05. The van der Waals surface area contributed by atoms with Gasteiger partial charge in [-0.15, -0.1) is 0 Å². The van der Waals surface area contributed by atoms with Crippen LogP contribution in [0.4, 0.5) is 0 Å². The number of aryl methyl sites for hydroxylation is 1. The van der Waals surface area contributed by atoms with Crippen molar-refractivity contribution in [2.24, 2.45) is 0 Å². The maximum atomic E-state index is 12.1. The molecule has 136 valence electrons. The van der Waals surface area contributed by atoms with E-state index in [9.17, 15) is 8.42 Å². The first-order valence-electron chi connectivity index (χ1n) is 8.44. The molecule has 0 saturated carbocycles. The van der Waals surface area contributed by atoms with Crippen LogP contribution >= 0.6 is 0 Å². The average molecular weight is 362 g/mol. The molecule has 0 unspecified atom stereocenters. The fourth-order valence-corrected chi connectivity index (χ4v) is 3.18. The maximum absolute atomic E-state index is 12.1. The van der Waals surface area contributed by atoms with E-state index in [-0.39, 0.29) is 23.5 Å². The summed E-state index contributed by atoms with van der Waals surface area (Å²) in [6.45, 7) is 8.60. The predicted octanol–water partition coefficient (Wildman–Crippen LogP) is 4.47. The molecule has 0 heterocycles. The fourth-order valence-electron chi connectivity index (χ4n) is 2.28. The van der Waals surface area contributed by atoms with E-state index < -0.39 is 10.1 Å². The molecular weight excluding hydrogens is 336 g/mol. The van der Waals surface area contributed by atoms with Gasteiger partial charge in [0.1, 0.15) is 19.0 Å². The Bertz CT molecular complexity index is 775. The third kappa shape index (κ3) is 5.31. The zero-order chi connectivity index (χ0) is 18.5. The van der Waals surface area contributed by atoms with Crippen LogP contribution in [0.15, 0.2) is 53.4 Å². The average Bonchev–Trinajstić information content (AvgIpc) is 2.59. The minimum atomic E-state index is -3.74. The SMILES string of the molecule is CCC(C)(C)c1ccc(OCCOS(=O)(=O)c2ccc(C)cc2)cc1. The van der Waals surface area contributed by atoms with Crippen molar-refractivity contribution in [3.63, 3.8) is 0 Å². The number of benzene rings is 2. The number of hydrogen-bond donors (Lipinski definition) is 0. The standard InChI is InChI=1S/C20H26O4S/c1-5-20(3,4)17-8-10-18(11-9-17)23-14-15-24-25(21,22)19-12-6-16(2)7-13-19/h6-13H,5,14-15H2,1-4H3. The molecule has 0 spiro atoms. The fraction of sp³-hybridized carbons (Fsp3) is 0.400. The molecule has 2 aromatic carbocycles. The lowest BCUT2D eigenvalue weighted by Crippen LogP contribution is -2.15. The number of ether oxygens (including phenoxy) is 1. The summed E-state index contributed by atoms with van der Waals surface area (Å²) < 4.78 is 34.7. The summed E-state index contributed by atoms with van der Waals surface area (Å²) in [4.78, 5) is 0.157. The first-order chi connectivity index (χ1) is 11.7. The van der Waals surface area contributed by atoms with E-state index in [4.69, 9.17) is 8.92 Å². The molecule has 0 atom stereocenters. The zero-order valence-electron chi connectivity index (χ0n) is 15.3. The Hall–Kier alpha value is -1.85. The van der Waals surface area contributed by atoms with E-state index >= 15 is 0 Å². The topological polar surface area (TPSA) is 52.6 Å². The summed E-state index contributed by atoms with van der Waals surface area (Å²) in [6, 6.07) is 14.5. The van der Waals surface area contributed by atoms with Gasteiger partial charge in [-0.05, 0) is 48.6 Å². The van der Waals surface area contributed by atoms with Gasteiger partial charge >= 0.3 is 0 Å². The Morgan fingerprint density at radius 2 is 1.52 bits per heavy atom. The quantitative estimate of drug-likeness (QED) is 0.514. The summed E-state index contributed by atoms with van der Waals surface area (Å²) in [5, 5.41) is 0. The molecule has 4 nitrogen and oxygen atoms in total. The van der Waals surface area contributed by atoms with Gasteiger partial charge in [-0.2, -0.15) is 8.42 Å². The van der Waals surface area contributed by atoms with Crippen molar-refractivity contribution in [2.45, 2.75) is 44.4 Å². The van der Waals surface area contributed by atoms with Crippen LogP contribution in [0, 0.1) is 6.92 Å². The van der Waals surface area contributed by atoms with Crippen molar-refractivity contribution >= 4 is 10.1 Å².